The summed E-state index contributed by atoms with van der Waals surface area (Å²) < 4.78 is 0. The summed E-state index contributed by atoms with van der Waals surface area (Å²) >= 11 is 1.80. The Bertz CT molecular complexity index is 271. The summed E-state index contributed by atoms with van der Waals surface area (Å²) in [6, 6.07) is 4.26. The summed E-state index contributed by atoms with van der Waals surface area (Å²) in [7, 11) is 0. The second kappa shape index (κ2) is 7.05. The van der Waals surface area contributed by atoms with E-state index in [1.165, 1.54) is 30.6 Å². The molecular formula is C13H24N2S. The van der Waals surface area contributed by atoms with Gasteiger partial charge >= 0.3 is 0 Å². The topological polar surface area (TPSA) is 38.0 Å². The molecule has 2 nitrogen and oxygen atoms in total. The lowest BCUT2D eigenvalue weighted by atomic mass is 9.94. The van der Waals surface area contributed by atoms with Gasteiger partial charge in [0.05, 0.1) is 0 Å². The Morgan fingerprint density at radius 3 is 2.81 bits per heavy atom. The summed E-state index contributed by atoms with van der Waals surface area (Å²) in [6.45, 7) is 6.12. The van der Waals surface area contributed by atoms with Crippen LogP contribution in [0, 0.1) is 0 Å². The first-order valence-electron chi connectivity index (χ1n) is 6.17. The van der Waals surface area contributed by atoms with Crippen molar-refractivity contribution in [2.75, 3.05) is 6.54 Å². The Morgan fingerprint density at radius 2 is 2.25 bits per heavy atom. The highest BCUT2D eigenvalue weighted by atomic mass is 32.1. The minimum Gasteiger partial charge on any atom is -0.329 e. The van der Waals surface area contributed by atoms with Crippen molar-refractivity contribution in [2.45, 2.75) is 51.6 Å². The molecule has 0 saturated carbocycles. The first-order chi connectivity index (χ1) is 7.70. The van der Waals surface area contributed by atoms with Gasteiger partial charge in [-0.15, -0.1) is 11.3 Å². The predicted octanol–water partition coefficient (Wildman–Crippen LogP) is 3.14. The van der Waals surface area contributed by atoms with E-state index in [2.05, 4.69) is 36.7 Å². The number of rotatable bonds is 8. The van der Waals surface area contributed by atoms with E-state index < -0.39 is 0 Å². The van der Waals surface area contributed by atoms with E-state index >= 15 is 0 Å². The summed E-state index contributed by atoms with van der Waals surface area (Å²) in [5.41, 5.74) is 5.97. The molecule has 0 spiro atoms. The maximum absolute atomic E-state index is 5.87. The second-order valence-corrected chi connectivity index (χ2v) is 5.69. The Balaban J connectivity index is 2.34. The molecule has 1 heterocycles. The molecule has 0 radical (unpaired) electrons. The predicted molar refractivity (Wildman–Crippen MR) is 72.8 cm³/mol. The molecule has 1 atom stereocenters. The van der Waals surface area contributed by atoms with Crippen LogP contribution in [-0.4, -0.2) is 12.1 Å². The maximum Gasteiger partial charge on any atom is 0.0305 e. The Morgan fingerprint density at radius 1 is 1.44 bits per heavy atom. The fourth-order valence-electron chi connectivity index (χ4n) is 1.74. The van der Waals surface area contributed by atoms with Crippen LogP contribution in [0.25, 0.3) is 0 Å². The third-order valence-electron chi connectivity index (χ3n) is 3.05. The summed E-state index contributed by atoms with van der Waals surface area (Å²) in [5.74, 6) is 0. The highest BCUT2D eigenvalue weighted by molar-refractivity contribution is 7.09. The lowest BCUT2D eigenvalue weighted by Gasteiger charge is -2.29. The van der Waals surface area contributed by atoms with Gasteiger partial charge in [0.25, 0.3) is 0 Å². The van der Waals surface area contributed by atoms with E-state index in [0.29, 0.717) is 6.54 Å². The normalized spacial score (nSPS) is 14.9. The van der Waals surface area contributed by atoms with Gasteiger partial charge in [-0.05, 0) is 24.8 Å². The van der Waals surface area contributed by atoms with E-state index in [9.17, 15) is 0 Å². The van der Waals surface area contributed by atoms with Gasteiger partial charge in [-0.3, -0.25) is 0 Å². The van der Waals surface area contributed by atoms with E-state index in [-0.39, 0.29) is 5.54 Å². The fourth-order valence-corrected chi connectivity index (χ4v) is 2.39. The number of nitrogens with two attached hydrogens (primary N) is 1. The molecule has 1 aromatic heterocycles. The highest BCUT2D eigenvalue weighted by Crippen LogP contribution is 2.16. The highest BCUT2D eigenvalue weighted by Gasteiger charge is 2.20. The van der Waals surface area contributed by atoms with Crippen molar-refractivity contribution in [2.24, 2.45) is 5.73 Å². The zero-order valence-corrected chi connectivity index (χ0v) is 11.3. The molecule has 0 bridgehead atoms. The molecule has 3 heteroatoms. The number of thiophene rings is 1. The van der Waals surface area contributed by atoms with Crippen molar-refractivity contribution in [3.05, 3.63) is 22.4 Å². The van der Waals surface area contributed by atoms with Crippen molar-refractivity contribution in [3.63, 3.8) is 0 Å². The van der Waals surface area contributed by atoms with E-state index in [1.54, 1.807) is 11.3 Å². The smallest absolute Gasteiger partial charge is 0.0305 e. The molecular weight excluding hydrogens is 216 g/mol. The number of hydrogen-bond donors (Lipinski definition) is 2. The minimum atomic E-state index is 0.0964. The van der Waals surface area contributed by atoms with Crippen LogP contribution in [0.4, 0.5) is 0 Å². The Hall–Kier alpha value is -0.380. The van der Waals surface area contributed by atoms with Crippen molar-refractivity contribution >= 4 is 11.3 Å². The molecule has 92 valence electrons. The van der Waals surface area contributed by atoms with Crippen LogP contribution in [0.5, 0.6) is 0 Å². The number of hydrogen-bond acceptors (Lipinski definition) is 3. The van der Waals surface area contributed by atoms with Gasteiger partial charge in [0, 0.05) is 23.5 Å². The zero-order valence-electron chi connectivity index (χ0n) is 10.5. The molecule has 1 unspecified atom stereocenters. The quantitative estimate of drug-likeness (QED) is 0.685. The molecule has 0 amide bonds. The largest absolute Gasteiger partial charge is 0.329 e. The molecule has 0 aromatic carbocycles. The molecule has 1 aromatic rings. The van der Waals surface area contributed by atoms with Gasteiger partial charge in [0.1, 0.15) is 0 Å². The van der Waals surface area contributed by atoms with Crippen LogP contribution in [0.3, 0.4) is 0 Å². The Kier molecular flexibility index (Phi) is 6.03. The molecule has 0 aliphatic rings. The van der Waals surface area contributed by atoms with Crippen LogP contribution in [0.2, 0.25) is 0 Å². The van der Waals surface area contributed by atoms with Crippen molar-refractivity contribution in [1.29, 1.82) is 0 Å². The third kappa shape index (κ3) is 4.64. The van der Waals surface area contributed by atoms with Gasteiger partial charge in [-0.2, -0.15) is 0 Å². The molecule has 0 fully saturated rings. The second-order valence-electron chi connectivity index (χ2n) is 4.65. The first-order valence-corrected chi connectivity index (χ1v) is 7.05. The summed E-state index contributed by atoms with van der Waals surface area (Å²) in [6.07, 6.45) is 5.01. The van der Waals surface area contributed by atoms with Crippen LogP contribution in [0.15, 0.2) is 17.5 Å². The van der Waals surface area contributed by atoms with E-state index in [1.807, 2.05) is 0 Å². The van der Waals surface area contributed by atoms with Crippen molar-refractivity contribution in [1.82, 2.24) is 5.32 Å². The average molecular weight is 240 g/mol. The first kappa shape index (κ1) is 13.7. The van der Waals surface area contributed by atoms with Crippen LogP contribution < -0.4 is 11.1 Å². The van der Waals surface area contributed by atoms with Crippen LogP contribution >= 0.6 is 11.3 Å². The SMILES string of the molecule is CCCCCC(C)(CN)NCc1cccs1. The molecule has 0 aliphatic carbocycles. The van der Waals surface area contributed by atoms with Gasteiger partial charge in [-0.1, -0.05) is 32.3 Å². The van der Waals surface area contributed by atoms with Gasteiger partial charge in [0.15, 0.2) is 0 Å². The average Bonchev–Trinajstić information content (AvgIpc) is 2.80. The maximum atomic E-state index is 5.87. The monoisotopic (exact) mass is 240 g/mol. The Labute approximate surface area is 103 Å². The van der Waals surface area contributed by atoms with Crippen molar-refractivity contribution < 1.29 is 0 Å². The minimum absolute atomic E-state index is 0.0964. The molecule has 0 aliphatic heterocycles. The van der Waals surface area contributed by atoms with E-state index in [4.69, 9.17) is 5.73 Å². The lowest BCUT2D eigenvalue weighted by molar-refractivity contribution is 0.326. The lowest BCUT2D eigenvalue weighted by Crippen LogP contribution is -2.48. The van der Waals surface area contributed by atoms with Crippen LogP contribution in [0.1, 0.15) is 44.4 Å². The fraction of sp³-hybridized carbons (Fsp3) is 0.692. The zero-order chi connectivity index (χ0) is 11.9. The van der Waals surface area contributed by atoms with Gasteiger partial charge in [0.2, 0.25) is 0 Å². The standard InChI is InChI=1S/C13H24N2S/c1-3-4-5-8-13(2,11-14)15-10-12-7-6-9-16-12/h6-7,9,15H,3-5,8,10-11,14H2,1-2H3. The third-order valence-corrected chi connectivity index (χ3v) is 3.93. The van der Waals surface area contributed by atoms with Gasteiger partial charge in [-0.25, -0.2) is 0 Å². The molecule has 3 N–H and O–H groups in total. The number of nitrogens with one attached hydrogen (secondary N) is 1. The van der Waals surface area contributed by atoms with E-state index in [0.717, 1.165) is 6.54 Å². The summed E-state index contributed by atoms with van der Waals surface area (Å²) in [4.78, 5) is 1.38. The van der Waals surface area contributed by atoms with Crippen molar-refractivity contribution in [3.8, 4) is 0 Å². The molecule has 0 saturated heterocycles. The number of unbranched alkanes of at least 4 members (excludes halogenated alkanes) is 2. The van der Waals surface area contributed by atoms with Crippen LogP contribution in [-0.2, 0) is 6.54 Å². The summed E-state index contributed by atoms with van der Waals surface area (Å²) in [5, 5.41) is 5.71. The molecule has 1 rings (SSSR count). The molecule has 16 heavy (non-hydrogen) atoms. The van der Waals surface area contributed by atoms with Gasteiger partial charge < -0.3 is 11.1 Å².